The Kier molecular flexibility index (Phi) is 2.71. The maximum atomic E-state index is 9.35. The first-order chi connectivity index (χ1) is 7.19. The fourth-order valence-electron chi connectivity index (χ4n) is 2.93. The molecule has 3 unspecified atom stereocenters. The van der Waals surface area contributed by atoms with E-state index in [1.54, 1.807) is 0 Å². The molecule has 2 aliphatic rings. The average Bonchev–Trinajstić information content (AvgIpc) is 2.27. The highest BCUT2D eigenvalue weighted by Crippen LogP contribution is 2.49. The molecule has 0 saturated heterocycles. The lowest BCUT2D eigenvalue weighted by Crippen LogP contribution is -2.35. The van der Waals surface area contributed by atoms with Gasteiger partial charge in [-0.1, -0.05) is 25.2 Å². The topological polar surface area (TPSA) is 20.2 Å². The molecule has 2 aliphatic carbocycles. The number of aliphatic hydroxyl groups excluding tert-OH is 1. The smallest absolute Gasteiger partial charge is 0.0647 e. The number of allylic oxidation sites excluding steroid dienone is 3. The molecule has 0 aromatic carbocycles. The van der Waals surface area contributed by atoms with Gasteiger partial charge in [-0.3, -0.25) is 0 Å². The van der Waals surface area contributed by atoms with Crippen LogP contribution in [0.2, 0.25) is 0 Å². The molecule has 1 saturated carbocycles. The van der Waals surface area contributed by atoms with Crippen molar-refractivity contribution in [2.75, 3.05) is 6.61 Å². The molecule has 1 heteroatoms. The van der Waals surface area contributed by atoms with Crippen LogP contribution in [0.25, 0.3) is 0 Å². The van der Waals surface area contributed by atoms with Gasteiger partial charge in [0.25, 0.3) is 0 Å². The third kappa shape index (κ3) is 1.75. The van der Waals surface area contributed by atoms with Crippen molar-refractivity contribution in [3.8, 4) is 12.3 Å². The number of hydrogen-bond acceptors (Lipinski definition) is 1. The van der Waals surface area contributed by atoms with Gasteiger partial charge in [-0.25, -0.2) is 0 Å². The highest BCUT2D eigenvalue weighted by Gasteiger charge is 2.40. The van der Waals surface area contributed by atoms with Crippen LogP contribution >= 0.6 is 0 Å². The summed E-state index contributed by atoms with van der Waals surface area (Å²) >= 11 is 0. The minimum Gasteiger partial charge on any atom is -0.392 e. The highest BCUT2D eigenvalue weighted by molar-refractivity contribution is 5.28. The zero-order chi connectivity index (χ0) is 10.9. The maximum Gasteiger partial charge on any atom is 0.0647 e. The van der Waals surface area contributed by atoms with Gasteiger partial charge in [0.1, 0.15) is 0 Å². The number of terminal acetylenes is 1. The van der Waals surface area contributed by atoms with Gasteiger partial charge >= 0.3 is 0 Å². The van der Waals surface area contributed by atoms with Crippen LogP contribution in [-0.4, -0.2) is 11.7 Å². The van der Waals surface area contributed by atoms with Crippen molar-refractivity contribution >= 4 is 0 Å². The molecule has 0 heterocycles. The minimum absolute atomic E-state index is 0.169. The Hall–Kier alpha value is -1.00. The standard InChI is InChI=1S/C14H18O/c1-3-11-6-8-14(2)7-4-5-12(10-15)13(14)9-11/h1,4-5,7,11,13,15H,6,8-10H2,2H3. The Labute approximate surface area is 91.9 Å². The molecule has 80 valence electrons. The summed E-state index contributed by atoms with van der Waals surface area (Å²) in [5.74, 6) is 3.71. The minimum atomic E-state index is 0.169. The molecular weight excluding hydrogens is 184 g/mol. The van der Waals surface area contributed by atoms with Gasteiger partial charge < -0.3 is 5.11 Å². The van der Waals surface area contributed by atoms with Crippen molar-refractivity contribution in [2.24, 2.45) is 17.3 Å². The Morgan fingerprint density at radius 2 is 2.47 bits per heavy atom. The van der Waals surface area contributed by atoms with Gasteiger partial charge in [-0.05, 0) is 36.2 Å². The molecule has 15 heavy (non-hydrogen) atoms. The predicted molar refractivity (Wildman–Crippen MR) is 62.1 cm³/mol. The van der Waals surface area contributed by atoms with E-state index in [1.807, 2.05) is 6.08 Å². The van der Waals surface area contributed by atoms with E-state index in [2.05, 4.69) is 25.0 Å². The average molecular weight is 202 g/mol. The molecule has 0 aromatic heterocycles. The maximum absolute atomic E-state index is 9.35. The largest absolute Gasteiger partial charge is 0.392 e. The first-order valence-electron chi connectivity index (χ1n) is 5.65. The van der Waals surface area contributed by atoms with Crippen LogP contribution < -0.4 is 0 Å². The predicted octanol–water partition coefficient (Wildman–Crippen LogP) is 2.53. The Bertz CT molecular complexity index is 345. The second kappa shape index (κ2) is 3.87. The van der Waals surface area contributed by atoms with E-state index in [4.69, 9.17) is 6.42 Å². The molecule has 3 atom stereocenters. The molecule has 0 amide bonds. The van der Waals surface area contributed by atoms with E-state index in [9.17, 15) is 5.11 Å². The summed E-state index contributed by atoms with van der Waals surface area (Å²) < 4.78 is 0. The molecule has 0 bridgehead atoms. The monoisotopic (exact) mass is 202 g/mol. The summed E-state index contributed by atoms with van der Waals surface area (Å²) in [4.78, 5) is 0. The van der Waals surface area contributed by atoms with Crippen LogP contribution in [0.4, 0.5) is 0 Å². The number of rotatable bonds is 1. The second-order valence-electron chi connectivity index (χ2n) is 4.96. The van der Waals surface area contributed by atoms with Crippen LogP contribution in [-0.2, 0) is 0 Å². The third-order valence-electron chi connectivity index (χ3n) is 4.00. The third-order valence-corrected chi connectivity index (χ3v) is 4.00. The number of aliphatic hydroxyl groups is 1. The summed E-state index contributed by atoms with van der Waals surface area (Å²) in [6.07, 6.45) is 15.2. The van der Waals surface area contributed by atoms with E-state index >= 15 is 0 Å². The summed E-state index contributed by atoms with van der Waals surface area (Å²) in [7, 11) is 0. The Morgan fingerprint density at radius 3 is 3.13 bits per heavy atom. The zero-order valence-electron chi connectivity index (χ0n) is 9.24. The van der Waals surface area contributed by atoms with Crippen molar-refractivity contribution < 1.29 is 5.11 Å². The lowest BCUT2D eigenvalue weighted by molar-refractivity contribution is 0.158. The van der Waals surface area contributed by atoms with E-state index in [-0.39, 0.29) is 12.0 Å². The first-order valence-corrected chi connectivity index (χ1v) is 5.65. The van der Waals surface area contributed by atoms with Gasteiger partial charge in [-0.2, -0.15) is 0 Å². The van der Waals surface area contributed by atoms with Crippen LogP contribution in [0.3, 0.4) is 0 Å². The van der Waals surface area contributed by atoms with E-state index in [1.165, 1.54) is 0 Å². The molecule has 2 rings (SSSR count). The van der Waals surface area contributed by atoms with E-state index < -0.39 is 0 Å². The van der Waals surface area contributed by atoms with Gasteiger partial charge in [-0.15, -0.1) is 12.3 Å². The molecule has 1 nitrogen and oxygen atoms in total. The molecule has 0 radical (unpaired) electrons. The molecule has 0 spiro atoms. The van der Waals surface area contributed by atoms with Crippen LogP contribution in [0.1, 0.15) is 26.2 Å². The number of hydrogen-bond donors (Lipinski definition) is 1. The van der Waals surface area contributed by atoms with Gasteiger partial charge in [0.2, 0.25) is 0 Å². The molecule has 0 aromatic rings. The van der Waals surface area contributed by atoms with Crippen molar-refractivity contribution in [1.29, 1.82) is 0 Å². The van der Waals surface area contributed by atoms with Crippen LogP contribution in [0.15, 0.2) is 23.8 Å². The summed E-state index contributed by atoms with van der Waals surface area (Å²) in [5, 5.41) is 9.35. The lowest BCUT2D eigenvalue weighted by Gasteiger charge is -2.44. The highest BCUT2D eigenvalue weighted by atomic mass is 16.3. The summed E-state index contributed by atoms with van der Waals surface area (Å²) in [6, 6.07) is 0. The molecule has 1 N–H and O–H groups in total. The van der Waals surface area contributed by atoms with E-state index in [0.29, 0.717) is 11.8 Å². The first kappa shape index (κ1) is 10.5. The quantitative estimate of drug-likeness (QED) is 0.648. The second-order valence-corrected chi connectivity index (χ2v) is 4.96. The van der Waals surface area contributed by atoms with E-state index in [0.717, 1.165) is 24.8 Å². The SMILES string of the molecule is C#CC1CCC2(C)C=CC=C(CO)C2C1. The molecule has 0 aliphatic heterocycles. The Morgan fingerprint density at radius 1 is 1.67 bits per heavy atom. The fraction of sp³-hybridized carbons (Fsp3) is 0.571. The van der Waals surface area contributed by atoms with Crippen LogP contribution in [0, 0.1) is 29.6 Å². The Balaban J connectivity index is 2.25. The van der Waals surface area contributed by atoms with Gasteiger partial charge in [0.15, 0.2) is 0 Å². The van der Waals surface area contributed by atoms with Gasteiger partial charge in [0.05, 0.1) is 6.61 Å². The van der Waals surface area contributed by atoms with Crippen molar-refractivity contribution in [3.05, 3.63) is 23.8 Å². The van der Waals surface area contributed by atoms with Gasteiger partial charge in [0, 0.05) is 5.92 Å². The molecular formula is C14H18O. The normalized spacial score (nSPS) is 39.1. The zero-order valence-corrected chi connectivity index (χ0v) is 9.24. The van der Waals surface area contributed by atoms with Crippen molar-refractivity contribution in [1.82, 2.24) is 0 Å². The fourth-order valence-corrected chi connectivity index (χ4v) is 2.93. The van der Waals surface area contributed by atoms with Crippen LogP contribution in [0.5, 0.6) is 0 Å². The summed E-state index contributed by atoms with van der Waals surface area (Å²) in [6.45, 7) is 2.45. The van der Waals surface area contributed by atoms with Crippen molar-refractivity contribution in [2.45, 2.75) is 26.2 Å². The summed E-state index contributed by atoms with van der Waals surface area (Å²) in [5.41, 5.74) is 1.38. The molecule has 1 fully saturated rings. The van der Waals surface area contributed by atoms with Crippen molar-refractivity contribution in [3.63, 3.8) is 0 Å². The number of fused-ring (bicyclic) bond motifs is 1. The lowest BCUT2D eigenvalue weighted by atomic mass is 9.60.